The molecule has 0 unspecified atom stereocenters. The first-order valence-electron chi connectivity index (χ1n) is 6.96. The molecule has 0 saturated heterocycles. The summed E-state index contributed by atoms with van der Waals surface area (Å²) in [5.41, 5.74) is -0.0241. The second kappa shape index (κ2) is 7.89. The molecular formula is C17H15BrO7. The summed E-state index contributed by atoms with van der Waals surface area (Å²) in [6, 6.07) is 7.15. The summed E-state index contributed by atoms with van der Waals surface area (Å²) in [5, 5.41) is 9.24. The van der Waals surface area contributed by atoms with Gasteiger partial charge in [-0.25, -0.2) is 9.59 Å². The zero-order chi connectivity index (χ0) is 18.6. The number of ether oxygens (including phenoxy) is 4. The van der Waals surface area contributed by atoms with E-state index in [1.165, 1.54) is 45.6 Å². The molecule has 132 valence electrons. The lowest BCUT2D eigenvalue weighted by molar-refractivity contribution is 0.0681. The molecule has 0 saturated carbocycles. The monoisotopic (exact) mass is 410 g/mol. The van der Waals surface area contributed by atoms with E-state index >= 15 is 0 Å². The number of rotatable bonds is 6. The van der Waals surface area contributed by atoms with Crippen LogP contribution in [0.15, 0.2) is 34.8 Å². The van der Waals surface area contributed by atoms with Gasteiger partial charge < -0.3 is 24.1 Å². The maximum Gasteiger partial charge on any atom is 0.343 e. The quantitative estimate of drug-likeness (QED) is 0.576. The number of benzene rings is 2. The van der Waals surface area contributed by atoms with Crippen LogP contribution in [-0.4, -0.2) is 38.4 Å². The van der Waals surface area contributed by atoms with Crippen molar-refractivity contribution in [2.24, 2.45) is 0 Å². The summed E-state index contributed by atoms with van der Waals surface area (Å²) in [6.45, 7) is 0. The van der Waals surface area contributed by atoms with Gasteiger partial charge in [0.15, 0.2) is 11.5 Å². The van der Waals surface area contributed by atoms with Crippen molar-refractivity contribution >= 4 is 27.9 Å². The summed E-state index contributed by atoms with van der Waals surface area (Å²) in [7, 11) is 4.28. The van der Waals surface area contributed by atoms with Gasteiger partial charge in [-0.15, -0.1) is 0 Å². The lowest BCUT2D eigenvalue weighted by Gasteiger charge is -2.14. The molecule has 0 aliphatic carbocycles. The fourth-order valence-electron chi connectivity index (χ4n) is 2.12. The summed E-state index contributed by atoms with van der Waals surface area (Å²) >= 11 is 3.18. The number of methoxy groups -OCH3 is 3. The molecule has 0 aromatic heterocycles. The van der Waals surface area contributed by atoms with Crippen LogP contribution in [0.2, 0.25) is 0 Å². The molecule has 0 aliphatic rings. The third-order valence-corrected chi connectivity index (χ3v) is 3.77. The molecule has 0 aliphatic heterocycles. The summed E-state index contributed by atoms with van der Waals surface area (Å²) in [6.07, 6.45) is 0. The average Bonchev–Trinajstić information content (AvgIpc) is 2.61. The lowest BCUT2D eigenvalue weighted by atomic mass is 10.1. The van der Waals surface area contributed by atoms with Crippen molar-refractivity contribution in [1.29, 1.82) is 0 Å². The molecule has 0 spiro atoms. The molecule has 0 amide bonds. The predicted molar refractivity (Wildman–Crippen MR) is 92.2 cm³/mol. The Labute approximate surface area is 152 Å². The number of esters is 1. The van der Waals surface area contributed by atoms with Crippen LogP contribution in [0.4, 0.5) is 0 Å². The number of hydrogen-bond acceptors (Lipinski definition) is 6. The van der Waals surface area contributed by atoms with Gasteiger partial charge in [0.2, 0.25) is 5.75 Å². The van der Waals surface area contributed by atoms with Gasteiger partial charge in [-0.3, -0.25) is 0 Å². The first-order valence-corrected chi connectivity index (χ1v) is 7.75. The Kier molecular flexibility index (Phi) is 5.87. The molecule has 8 heteroatoms. The van der Waals surface area contributed by atoms with Gasteiger partial charge in [0.1, 0.15) is 11.3 Å². The highest BCUT2D eigenvalue weighted by atomic mass is 79.9. The van der Waals surface area contributed by atoms with Gasteiger partial charge >= 0.3 is 11.9 Å². The molecule has 2 aromatic carbocycles. The number of aromatic carboxylic acids is 1. The van der Waals surface area contributed by atoms with E-state index in [1.807, 2.05) is 0 Å². The van der Waals surface area contributed by atoms with Crippen LogP contribution < -0.4 is 18.9 Å². The Morgan fingerprint density at radius 1 is 0.920 bits per heavy atom. The fourth-order valence-corrected chi connectivity index (χ4v) is 2.48. The van der Waals surface area contributed by atoms with E-state index in [0.717, 1.165) is 0 Å². The highest BCUT2D eigenvalue weighted by Crippen LogP contribution is 2.38. The van der Waals surface area contributed by atoms with Crippen molar-refractivity contribution in [1.82, 2.24) is 0 Å². The zero-order valence-corrected chi connectivity index (χ0v) is 15.2. The van der Waals surface area contributed by atoms with E-state index in [0.29, 0.717) is 10.2 Å². The first-order chi connectivity index (χ1) is 11.9. The number of halogens is 1. The van der Waals surface area contributed by atoms with Crippen LogP contribution in [0.3, 0.4) is 0 Å². The highest BCUT2D eigenvalue weighted by molar-refractivity contribution is 9.10. The summed E-state index contributed by atoms with van der Waals surface area (Å²) < 4.78 is 21.3. The third-order valence-electron chi connectivity index (χ3n) is 3.28. The average molecular weight is 411 g/mol. The van der Waals surface area contributed by atoms with Crippen molar-refractivity contribution in [3.05, 3.63) is 45.9 Å². The fraction of sp³-hybridized carbons (Fsp3) is 0.176. The molecule has 1 N–H and O–H groups in total. The van der Waals surface area contributed by atoms with Crippen molar-refractivity contribution < 1.29 is 33.6 Å². The highest BCUT2D eigenvalue weighted by Gasteiger charge is 2.20. The van der Waals surface area contributed by atoms with E-state index < -0.39 is 11.9 Å². The van der Waals surface area contributed by atoms with Crippen LogP contribution in [0.25, 0.3) is 0 Å². The minimum atomic E-state index is -1.21. The van der Waals surface area contributed by atoms with Crippen LogP contribution in [0.1, 0.15) is 20.7 Å². The van der Waals surface area contributed by atoms with Crippen LogP contribution >= 0.6 is 15.9 Å². The van der Waals surface area contributed by atoms with Gasteiger partial charge in [-0.2, -0.15) is 0 Å². The minimum absolute atomic E-state index is 0.0746. The third kappa shape index (κ3) is 4.03. The zero-order valence-electron chi connectivity index (χ0n) is 13.7. The molecule has 0 heterocycles. The molecule has 2 rings (SSSR count). The number of carboxylic acid groups (broad SMARTS) is 1. The molecule has 0 bridgehead atoms. The Balaban J connectivity index is 2.41. The van der Waals surface area contributed by atoms with Crippen molar-refractivity contribution in [3.8, 4) is 23.0 Å². The van der Waals surface area contributed by atoms with Crippen LogP contribution in [0, 0.1) is 0 Å². The van der Waals surface area contributed by atoms with Gasteiger partial charge in [-0.1, -0.05) is 15.9 Å². The van der Waals surface area contributed by atoms with Crippen molar-refractivity contribution in [2.45, 2.75) is 0 Å². The number of carbonyl (C=O) groups excluding carboxylic acids is 1. The second-order valence-electron chi connectivity index (χ2n) is 4.75. The van der Waals surface area contributed by atoms with Gasteiger partial charge in [0.05, 0.1) is 26.9 Å². The van der Waals surface area contributed by atoms with E-state index in [4.69, 9.17) is 18.9 Å². The topological polar surface area (TPSA) is 91.3 Å². The van der Waals surface area contributed by atoms with Crippen LogP contribution in [0.5, 0.6) is 23.0 Å². The van der Waals surface area contributed by atoms with Crippen molar-refractivity contribution in [2.75, 3.05) is 21.3 Å². The molecule has 0 radical (unpaired) electrons. The Morgan fingerprint density at radius 3 is 2.00 bits per heavy atom. The largest absolute Gasteiger partial charge is 0.493 e. The maximum atomic E-state index is 12.4. The molecule has 2 aromatic rings. The molecule has 0 fully saturated rings. The van der Waals surface area contributed by atoms with Gasteiger partial charge in [0.25, 0.3) is 0 Å². The summed E-state index contributed by atoms with van der Waals surface area (Å²) in [4.78, 5) is 23.7. The van der Waals surface area contributed by atoms with Gasteiger partial charge in [0, 0.05) is 4.47 Å². The van der Waals surface area contributed by atoms with E-state index in [2.05, 4.69) is 15.9 Å². The maximum absolute atomic E-state index is 12.4. The lowest BCUT2D eigenvalue weighted by Crippen LogP contribution is -2.12. The molecule has 7 nitrogen and oxygen atoms in total. The number of carbonyl (C=O) groups is 2. The SMILES string of the molecule is COc1cc(C(=O)Oc2ccc(Br)cc2C(=O)O)cc(OC)c1OC. The van der Waals surface area contributed by atoms with E-state index in [9.17, 15) is 14.7 Å². The number of hydrogen-bond donors (Lipinski definition) is 1. The van der Waals surface area contributed by atoms with E-state index in [-0.39, 0.29) is 28.4 Å². The molecule has 0 atom stereocenters. The van der Waals surface area contributed by atoms with Crippen LogP contribution in [-0.2, 0) is 0 Å². The summed E-state index contributed by atoms with van der Waals surface area (Å²) in [5.74, 6) is -1.16. The Hall–Kier alpha value is -2.74. The normalized spacial score (nSPS) is 10.1. The number of carboxylic acids is 1. The second-order valence-corrected chi connectivity index (χ2v) is 5.66. The first kappa shape index (κ1) is 18.6. The molecular weight excluding hydrogens is 396 g/mol. The Morgan fingerprint density at radius 2 is 1.52 bits per heavy atom. The standard InChI is InChI=1S/C17H15BrO7/c1-22-13-6-9(7-14(23-2)15(13)24-3)17(21)25-12-5-4-10(18)8-11(12)16(19)20/h4-8H,1-3H3,(H,19,20). The van der Waals surface area contributed by atoms with E-state index in [1.54, 1.807) is 6.07 Å². The Bertz CT molecular complexity index is 792. The molecule has 25 heavy (non-hydrogen) atoms. The predicted octanol–water partition coefficient (Wildman–Crippen LogP) is 3.39. The van der Waals surface area contributed by atoms with Crippen molar-refractivity contribution in [3.63, 3.8) is 0 Å². The smallest absolute Gasteiger partial charge is 0.343 e. The minimum Gasteiger partial charge on any atom is -0.493 e. The van der Waals surface area contributed by atoms with Gasteiger partial charge in [-0.05, 0) is 30.3 Å².